The van der Waals surface area contributed by atoms with E-state index in [9.17, 15) is 8.42 Å². The Morgan fingerprint density at radius 1 is 1.24 bits per heavy atom. The maximum Gasteiger partial charge on any atom is 0.213 e. The second-order valence-electron chi connectivity index (χ2n) is 4.74. The predicted molar refractivity (Wildman–Crippen MR) is 82.0 cm³/mol. The molecule has 1 heterocycles. The second-order valence-corrected chi connectivity index (χ2v) is 6.82. The van der Waals surface area contributed by atoms with Crippen molar-refractivity contribution in [3.05, 3.63) is 42.1 Å². The number of hydrogen-bond donors (Lipinski definition) is 1. The molecule has 0 aliphatic rings. The lowest BCUT2D eigenvalue weighted by Gasteiger charge is -2.11. The highest BCUT2D eigenvalue weighted by atomic mass is 32.2. The first-order valence-corrected chi connectivity index (χ1v) is 8.71. The number of anilines is 1. The summed E-state index contributed by atoms with van der Waals surface area (Å²) in [6.45, 7) is 4.20. The fourth-order valence-electron chi connectivity index (χ4n) is 2.03. The molecule has 0 saturated carbocycles. The van der Waals surface area contributed by atoms with Gasteiger partial charge in [0.1, 0.15) is 5.76 Å². The zero-order valence-electron chi connectivity index (χ0n) is 12.3. The van der Waals surface area contributed by atoms with Gasteiger partial charge in [-0.25, -0.2) is 13.4 Å². The van der Waals surface area contributed by atoms with E-state index in [1.54, 1.807) is 30.5 Å². The number of benzene rings is 1. The van der Waals surface area contributed by atoms with Crippen molar-refractivity contribution < 1.29 is 12.8 Å². The molecule has 114 valence electrons. The molecular weight excluding hydrogens is 288 g/mol. The molecule has 0 radical (unpaired) electrons. The zero-order valence-corrected chi connectivity index (χ0v) is 13.1. The van der Waals surface area contributed by atoms with Gasteiger partial charge in [0.05, 0.1) is 29.1 Å². The van der Waals surface area contributed by atoms with Crippen LogP contribution in [0.25, 0.3) is 0 Å². The van der Waals surface area contributed by atoms with Crippen LogP contribution in [0.15, 0.2) is 39.8 Å². The average molecular weight is 308 g/mol. The maximum absolute atomic E-state index is 12.2. The first-order valence-electron chi connectivity index (χ1n) is 7.06. The lowest BCUT2D eigenvalue weighted by Crippen LogP contribution is -2.10. The largest absolute Gasteiger partial charge is 0.444 e. The third-order valence-electron chi connectivity index (χ3n) is 3.07. The van der Waals surface area contributed by atoms with Crippen LogP contribution >= 0.6 is 0 Å². The molecule has 0 amide bonds. The second kappa shape index (κ2) is 6.76. The first-order chi connectivity index (χ1) is 10.1. The van der Waals surface area contributed by atoms with Gasteiger partial charge in [0.25, 0.3) is 0 Å². The summed E-state index contributed by atoms with van der Waals surface area (Å²) < 4.78 is 30.0. The Labute approximate surface area is 125 Å². The van der Waals surface area contributed by atoms with Crippen LogP contribution in [0.2, 0.25) is 0 Å². The highest BCUT2D eigenvalue weighted by Crippen LogP contribution is 2.23. The minimum absolute atomic E-state index is 0.144. The van der Waals surface area contributed by atoms with E-state index in [4.69, 9.17) is 4.42 Å². The van der Waals surface area contributed by atoms with E-state index in [0.717, 1.165) is 12.2 Å². The summed E-state index contributed by atoms with van der Waals surface area (Å²) in [6, 6.07) is 6.92. The summed E-state index contributed by atoms with van der Waals surface area (Å²) >= 11 is 0. The summed E-state index contributed by atoms with van der Waals surface area (Å²) in [7, 11) is -3.26. The van der Waals surface area contributed by atoms with Crippen LogP contribution in [-0.4, -0.2) is 19.2 Å². The summed E-state index contributed by atoms with van der Waals surface area (Å²) in [4.78, 5) is 4.48. The van der Waals surface area contributed by atoms with Crippen LogP contribution in [0.3, 0.4) is 0 Å². The number of sulfone groups is 1. The van der Waals surface area contributed by atoms with Crippen LogP contribution < -0.4 is 5.32 Å². The Morgan fingerprint density at radius 2 is 2.00 bits per heavy atom. The number of aryl methyl sites for hydroxylation is 1. The molecule has 0 fully saturated rings. The normalized spacial score (nSPS) is 11.5. The summed E-state index contributed by atoms with van der Waals surface area (Å²) in [5.74, 6) is 1.51. The molecule has 0 atom stereocenters. The van der Waals surface area contributed by atoms with Crippen molar-refractivity contribution in [3.8, 4) is 0 Å². The van der Waals surface area contributed by atoms with Gasteiger partial charge < -0.3 is 9.73 Å². The molecule has 0 saturated heterocycles. The first kappa shape index (κ1) is 15.6. The monoisotopic (exact) mass is 308 g/mol. The Kier molecular flexibility index (Phi) is 5.01. The predicted octanol–water partition coefficient (Wildman–Crippen LogP) is 3.03. The molecule has 0 aliphatic carbocycles. The van der Waals surface area contributed by atoms with E-state index in [1.165, 1.54) is 0 Å². The van der Waals surface area contributed by atoms with Gasteiger partial charge in [-0.15, -0.1) is 0 Å². The molecule has 2 aromatic rings. The molecule has 21 heavy (non-hydrogen) atoms. The van der Waals surface area contributed by atoms with Crippen molar-refractivity contribution >= 4 is 15.5 Å². The van der Waals surface area contributed by atoms with E-state index in [1.807, 2.05) is 13.8 Å². The van der Waals surface area contributed by atoms with E-state index in [0.29, 0.717) is 29.4 Å². The summed E-state index contributed by atoms with van der Waals surface area (Å²) in [6.07, 6.45) is 3.07. The number of nitrogens with one attached hydrogen (secondary N) is 1. The SMILES string of the molecule is CCCS(=O)(=O)c1ccccc1NCc1ncc(CC)o1. The Balaban J connectivity index is 2.17. The number of nitrogens with zero attached hydrogens (tertiary/aromatic N) is 1. The van der Waals surface area contributed by atoms with Crippen molar-refractivity contribution in [2.24, 2.45) is 0 Å². The van der Waals surface area contributed by atoms with Gasteiger partial charge in [0, 0.05) is 6.42 Å². The van der Waals surface area contributed by atoms with Gasteiger partial charge in [-0.05, 0) is 18.6 Å². The van der Waals surface area contributed by atoms with E-state index >= 15 is 0 Å². The summed E-state index contributed by atoms with van der Waals surface area (Å²) in [5.41, 5.74) is 0.585. The number of oxazole rings is 1. The third-order valence-corrected chi connectivity index (χ3v) is 5.05. The number of hydrogen-bond acceptors (Lipinski definition) is 5. The zero-order chi connectivity index (χ0) is 15.3. The Bertz CT molecular complexity index is 692. The lowest BCUT2D eigenvalue weighted by atomic mass is 10.3. The lowest BCUT2D eigenvalue weighted by molar-refractivity contribution is 0.465. The van der Waals surface area contributed by atoms with Crippen molar-refractivity contribution in [1.82, 2.24) is 4.98 Å². The van der Waals surface area contributed by atoms with Gasteiger partial charge in [-0.2, -0.15) is 0 Å². The molecular formula is C15H20N2O3S. The average Bonchev–Trinajstić information content (AvgIpc) is 2.93. The highest BCUT2D eigenvalue weighted by Gasteiger charge is 2.17. The minimum atomic E-state index is -3.26. The van der Waals surface area contributed by atoms with Gasteiger partial charge in [-0.1, -0.05) is 26.0 Å². The summed E-state index contributed by atoms with van der Waals surface area (Å²) in [5, 5.41) is 3.10. The Morgan fingerprint density at radius 3 is 2.67 bits per heavy atom. The molecule has 0 aliphatic heterocycles. The third kappa shape index (κ3) is 3.85. The van der Waals surface area contributed by atoms with Crippen molar-refractivity contribution in [2.45, 2.75) is 38.1 Å². The molecule has 1 aromatic heterocycles. The number of rotatable bonds is 7. The molecule has 5 nitrogen and oxygen atoms in total. The molecule has 0 bridgehead atoms. The minimum Gasteiger partial charge on any atom is -0.444 e. The van der Waals surface area contributed by atoms with Crippen LogP contribution in [-0.2, 0) is 22.8 Å². The van der Waals surface area contributed by atoms with E-state index in [2.05, 4.69) is 10.3 Å². The standard InChI is InChI=1S/C15H20N2O3S/c1-3-9-21(18,19)14-8-6-5-7-13(14)16-11-15-17-10-12(4-2)20-15/h5-8,10,16H,3-4,9,11H2,1-2H3. The molecule has 1 N–H and O–H groups in total. The maximum atomic E-state index is 12.2. The number of aromatic nitrogens is 1. The van der Waals surface area contributed by atoms with Gasteiger partial charge >= 0.3 is 0 Å². The van der Waals surface area contributed by atoms with Gasteiger partial charge in [0.2, 0.25) is 5.89 Å². The van der Waals surface area contributed by atoms with Gasteiger partial charge in [-0.3, -0.25) is 0 Å². The highest BCUT2D eigenvalue weighted by molar-refractivity contribution is 7.91. The van der Waals surface area contributed by atoms with Crippen molar-refractivity contribution in [3.63, 3.8) is 0 Å². The van der Waals surface area contributed by atoms with Crippen molar-refractivity contribution in [2.75, 3.05) is 11.1 Å². The molecule has 0 unspecified atom stereocenters. The quantitative estimate of drug-likeness (QED) is 0.851. The molecule has 6 heteroatoms. The van der Waals surface area contributed by atoms with Crippen molar-refractivity contribution in [1.29, 1.82) is 0 Å². The molecule has 0 spiro atoms. The topological polar surface area (TPSA) is 72.2 Å². The van der Waals surface area contributed by atoms with Crippen LogP contribution in [0.1, 0.15) is 31.9 Å². The molecule has 2 rings (SSSR count). The van der Waals surface area contributed by atoms with Crippen LogP contribution in [0.5, 0.6) is 0 Å². The molecule has 1 aromatic carbocycles. The van der Waals surface area contributed by atoms with Gasteiger partial charge in [0.15, 0.2) is 9.84 Å². The fraction of sp³-hybridized carbons (Fsp3) is 0.400. The van der Waals surface area contributed by atoms with Crippen LogP contribution in [0, 0.1) is 0 Å². The fourth-order valence-corrected chi connectivity index (χ4v) is 3.55. The van der Waals surface area contributed by atoms with E-state index in [-0.39, 0.29) is 5.75 Å². The number of para-hydroxylation sites is 1. The smallest absolute Gasteiger partial charge is 0.213 e. The van der Waals surface area contributed by atoms with Crippen LogP contribution in [0.4, 0.5) is 5.69 Å². The van der Waals surface area contributed by atoms with E-state index < -0.39 is 9.84 Å². The Hall–Kier alpha value is -1.82.